The van der Waals surface area contributed by atoms with Gasteiger partial charge in [-0.3, -0.25) is 0 Å². The van der Waals surface area contributed by atoms with Crippen LogP contribution in [0.4, 0.5) is 40.4 Å². The zero-order valence-corrected chi connectivity index (χ0v) is 20.3. The molecule has 0 aliphatic carbocycles. The molecule has 10 nitrogen and oxygen atoms in total. The number of morpholine rings is 1. The molecule has 198 valence electrons. The molecule has 1 aliphatic rings. The fourth-order valence-corrected chi connectivity index (χ4v) is 3.74. The van der Waals surface area contributed by atoms with E-state index < -0.39 is 17.6 Å². The molecule has 0 saturated carbocycles. The first-order chi connectivity index (χ1) is 18.2. The van der Waals surface area contributed by atoms with Gasteiger partial charge in [-0.15, -0.1) is 10.2 Å². The van der Waals surface area contributed by atoms with E-state index in [9.17, 15) is 17.6 Å². The summed E-state index contributed by atoms with van der Waals surface area (Å²) in [6.07, 6.45) is -2.01. The molecule has 38 heavy (non-hydrogen) atoms. The van der Waals surface area contributed by atoms with Crippen molar-refractivity contribution in [3.8, 4) is 23.3 Å². The zero-order valence-electron chi connectivity index (χ0n) is 20.3. The summed E-state index contributed by atoms with van der Waals surface area (Å²) in [7, 11) is 3.32. The van der Waals surface area contributed by atoms with Gasteiger partial charge in [-0.1, -0.05) is 0 Å². The van der Waals surface area contributed by atoms with Crippen LogP contribution >= 0.6 is 0 Å². The fourth-order valence-electron chi connectivity index (χ4n) is 3.74. The van der Waals surface area contributed by atoms with Crippen molar-refractivity contribution in [3.05, 3.63) is 54.1 Å². The van der Waals surface area contributed by atoms with E-state index in [-0.39, 0.29) is 29.1 Å². The molecule has 1 N–H and O–H groups in total. The van der Waals surface area contributed by atoms with Crippen LogP contribution in [0.25, 0.3) is 23.3 Å². The van der Waals surface area contributed by atoms with E-state index in [4.69, 9.17) is 9.15 Å². The smallest absolute Gasteiger partial charge is 0.412 e. The maximum atomic E-state index is 14.3. The Kier molecular flexibility index (Phi) is 6.80. The number of aromatic nitrogens is 5. The number of hydrogen-bond donors (Lipinski definition) is 1. The molecule has 4 heterocycles. The first-order valence-corrected chi connectivity index (χ1v) is 11.5. The van der Waals surface area contributed by atoms with Crippen LogP contribution in [0.3, 0.4) is 0 Å². The second-order valence-electron chi connectivity index (χ2n) is 8.59. The van der Waals surface area contributed by atoms with E-state index in [1.54, 1.807) is 42.1 Å². The third kappa shape index (κ3) is 5.49. The lowest BCUT2D eigenvalue weighted by Crippen LogP contribution is -2.37. The van der Waals surface area contributed by atoms with Gasteiger partial charge in [0.1, 0.15) is 5.69 Å². The summed E-state index contributed by atoms with van der Waals surface area (Å²) in [5.74, 6) is -0.330. The van der Waals surface area contributed by atoms with Crippen LogP contribution in [0.15, 0.2) is 47.1 Å². The maximum absolute atomic E-state index is 14.3. The van der Waals surface area contributed by atoms with Gasteiger partial charge in [0.2, 0.25) is 5.82 Å². The van der Waals surface area contributed by atoms with Gasteiger partial charge in [-0.05, 0) is 30.3 Å². The van der Waals surface area contributed by atoms with Crippen LogP contribution in [0.5, 0.6) is 0 Å². The van der Waals surface area contributed by atoms with Crippen molar-refractivity contribution in [1.82, 2.24) is 25.1 Å². The summed E-state index contributed by atoms with van der Waals surface area (Å²) in [6, 6.07) is 6.90. The molecule has 0 amide bonds. The minimum Gasteiger partial charge on any atom is -0.412 e. The quantitative estimate of drug-likeness (QED) is 0.361. The Morgan fingerprint density at radius 2 is 1.71 bits per heavy atom. The molecule has 0 atom stereocenters. The second kappa shape index (κ2) is 10.2. The summed E-state index contributed by atoms with van der Waals surface area (Å²) >= 11 is 0. The van der Waals surface area contributed by atoms with Crippen LogP contribution < -0.4 is 15.1 Å². The van der Waals surface area contributed by atoms with Gasteiger partial charge >= 0.3 is 6.18 Å². The number of benzene rings is 1. The molecule has 3 aromatic heterocycles. The standard InChI is InChI=1S/C24H22F4N8O2/c1-35(2)17-10-14(24(26,27)28)9-16(11-17)31-15-3-4-19(29-12-15)22-33-34-23(38-22)20-30-13-18(25)21(32-20)36-5-7-37-8-6-36/h3-4,9-13,31H,5-8H2,1-2H3. The molecule has 1 fully saturated rings. The van der Waals surface area contributed by atoms with Gasteiger partial charge in [0.05, 0.1) is 36.9 Å². The Morgan fingerprint density at radius 1 is 0.947 bits per heavy atom. The molecule has 0 radical (unpaired) electrons. The molecule has 1 aromatic carbocycles. The number of alkyl halides is 3. The van der Waals surface area contributed by atoms with Crippen molar-refractivity contribution >= 4 is 22.9 Å². The van der Waals surface area contributed by atoms with Crippen LogP contribution in [0.1, 0.15) is 5.56 Å². The summed E-state index contributed by atoms with van der Waals surface area (Å²) in [6.45, 7) is 1.91. The lowest BCUT2D eigenvalue weighted by atomic mass is 10.1. The third-order valence-electron chi connectivity index (χ3n) is 5.69. The first kappa shape index (κ1) is 25.3. The Balaban J connectivity index is 1.34. The number of pyridine rings is 1. The summed E-state index contributed by atoms with van der Waals surface area (Å²) in [5.41, 5.74) is 0.652. The molecule has 0 unspecified atom stereocenters. The number of nitrogens with one attached hydrogen (secondary N) is 1. The van der Waals surface area contributed by atoms with Gasteiger partial charge in [0.15, 0.2) is 11.6 Å². The molecule has 4 aromatic rings. The highest BCUT2D eigenvalue weighted by molar-refractivity contribution is 5.67. The van der Waals surface area contributed by atoms with E-state index in [2.05, 4.69) is 30.5 Å². The molecule has 1 aliphatic heterocycles. The number of ether oxygens (including phenoxy) is 1. The van der Waals surface area contributed by atoms with Crippen molar-refractivity contribution in [3.63, 3.8) is 0 Å². The van der Waals surface area contributed by atoms with Gasteiger partial charge in [0, 0.05) is 38.6 Å². The van der Waals surface area contributed by atoms with Crippen molar-refractivity contribution in [2.24, 2.45) is 0 Å². The summed E-state index contributed by atoms with van der Waals surface area (Å²) < 4.78 is 65.3. The highest BCUT2D eigenvalue weighted by Gasteiger charge is 2.31. The Hall–Kier alpha value is -4.33. The molecular formula is C24H22F4N8O2. The topological polar surface area (TPSA) is 105 Å². The Bertz CT molecular complexity index is 1420. The average Bonchev–Trinajstić information content (AvgIpc) is 3.39. The van der Waals surface area contributed by atoms with Gasteiger partial charge in [-0.2, -0.15) is 13.2 Å². The maximum Gasteiger partial charge on any atom is 0.416 e. The Labute approximate surface area is 214 Å². The number of halogens is 4. The van der Waals surface area contributed by atoms with Crippen molar-refractivity contribution in [2.75, 3.05) is 55.5 Å². The highest BCUT2D eigenvalue weighted by atomic mass is 19.4. The molecule has 5 rings (SSSR count). The van der Waals surface area contributed by atoms with E-state index in [1.807, 2.05) is 0 Å². The van der Waals surface area contributed by atoms with E-state index in [1.165, 1.54) is 6.20 Å². The van der Waals surface area contributed by atoms with Crippen LogP contribution in [0.2, 0.25) is 0 Å². The molecular weight excluding hydrogens is 508 g/mol. The van der Waals surface area contributed by atoms with Crippen molar-refractivity contribution in [1.29, 1.82) is 0 Å². The lowest BCUT2D eigenvalue weighted by molar-refractivity contribution is -0.137. The largest absolute Gasteiger partial charge is 0.416 e. The van der Waals surface area contributed by atoms with Crippen molar-refractivity contribution in [2.45, 2.75) is 6.18 Å². The van der Waals surface area contributed by atoms with Crippen molar-refractivity contribution < 1.29 is 26.7 Å². The number of anilines is 4. The molecule has 0 spiro atoms. The first-order valence-electron chi connectivity index (χ1n) is 11.5. The Morgan fingerprint density at radius 3 is 2.39 bits per heavy atom. The summed E-state index contributed by atoms with van der Waals surface area (Å²) in [4.78, 5) is 15.8. The third-order valence-corrected chi connectivity index (χ3v) is 5.69. The number of hydrogen-bond acceptors (Lipinski definition) is 10. The number of nitrogens with zero attached hydrogens (tertiary/aromatic N) is 7. The fraction of sp³-hybridized carbons (Fsp3) is 0.292. The normalized spacial score (nSPS) is 14.0. The monoisotopic (exact) mass is 530 g/mol. The van der Waals surface area contributed by atoms with E-state index in [0.29, 0.717) is 43.4 Å². The lowest BCUT2D eigenvalue weighted by Gasteiger charge is -2.27. The molecule has 14 heteroatoms. The second-order valence-corrected chi connectivity index (χ2v) is 8.59. The summed E-state index contributed by atoms with van der Waals surface area (Å²) in [5, 5.41) is 10.9. The van der Waals surface area contributed by atoms with Gasteiger partial charge in [-0.25, -0.2) is 19.3 Å². The van der Waals surface area contributed by atoms with Crippen LogP contribution in [-0.4, -0.2) is 65.5 Å². The van der Waals surface area contributed by atoms with E-state index >= 15 is 0 Å². The zero-order chi connectivity index (χ0) is 26.9. The molecule has 0 bridgehead atoms. The average molecular weight is 530 g/mol. The van der Waals surface area contributed by atoms with Crippen LogP contribution in [-0.2, 0) is 10.9 Å². The SMILES string of the molecule is CN(C)c1cc(Nc2ccc(-c3nnc(-c4ncc(F)c(N5CCOCC5)n4)o3)nc2)cc(C(F)(F)F)c1. The minimum atomic E-state index is -4.49. The van der Waals surface area contributed by atoms with Gasteiger partial charge < -0.3 is 24.3 Å². The minimum absolute atomic E-state index is 0.0151. The predicted octanol–water partition coefficient (Wildman–Crippen LogP) is 4.39. The highest BCUT2D eigenvalue weighted by Crippen LogP contribution is 2.35. The van der Waals surface area contributed by atoms with Gasteiger partial charge in [0.25, 0.3) is 11.8 Å². The number of rotatable bonds is 6. The molecule has 1 saturated heterocycles. The van der Waals surface area contributed by atoms with E-state index in [0.717, 1.165) is 18.3 Å². The predicted molar refractivity (Wildman–Crippen MR) is 131 cm³/mol. The van der Waals surface area contributed by atoms with Crippen LogP contribution in [0, 0.1) is 5.82 Å².